The summed E-state index contributed by atoms with van der Waals surface area (Å²) in [6.45, 7) is 2.46. The molecule has 0 radical (unpaired) electrons. The largest absolute Gasteiger partial charge is 0.325 e. The van der Waals surface area contributed by atoms with E-state index in [-0.39, 0.29) is 5.54 Å². The molecule has 1 atom stereocenters. The first kappa shape index (κ1) is 8.52. The second kappa shape index (κ2) is 3.35. The Hall–Kier alpha value is -0.0800. The summed E-state index contributed by atoms with van der Waals surface area (Å²) in [5.41, 5.74) is 6.41. The van der Waals surface area contributed by atoms with Crippen LogP contribution in [-0.4, -0.2) is 18.6 Å². The maximum Gasteiger partial charge on any atom is 0.0154 e. The fourth-order valence-electron chi connectivity index (χ4n) is 2.33. The molecule has 1 heterocycles. The summed E-state index contributed by atoms with van der Waals surface area (Å²) < 4.78 is 0. The quantitative estimate of drug-likeness (QED) is 0.665. The van der Waals surface area contributed by atoms with E-state index in [2.05, 4.69) is 5.32 Å². The Kier molecular flexibility index (Phi) is 2.37. The summed E-state index contributed by atoms with van der Waals surface area (Å²) in [4.78, 5) is 0. The van der Waals surface area contributed by atoms with Gasteiger partial charge in [0.1, 0.15) is 0 Å². The van der Waals surface area contributed by atoms with Gasteiger partial charge in [0, 0.05) is 5.54 Å². The van der Waals surface area contributed by atoms with E-state index >= 15 is 0 Å². The summed E-state index contributed by atoms with van der Waals surface area (Å²) in [5, 5.41) is 3.40. The molecule has 0 aromatic carbocycles. The van der Waals surface area contributed by atoms with Gasteiger partial charge in [-0.2, -0.15) is 0 Å². The van der Waals surface area contributed by atoms with Crippen molar-refractivity contribution in [1.82, 2.24) is 5.32 Å². The van der Waals surface area contributed by atoms with Crippen molar-refractivity contribution in [2.24, 2.45) is 11.7 Å². The van der Waals surface area contributed by atoms with Gasteiger partial charge in [0.05, 0.1) is 0 Å². The Bertz CT molecular complexity index is 146. The lowest BCUT2D eigenvalue weighted by atomic mass is 9.73. The molecule has 2 rings (SSSR count). The minimum absolute atomic E-state index is 0.253. The van der Waals surface area contributed by atoms with Crippen LogP contribution in [0.15, 0.2) is 0 Å². The van der Waals surface area contributed by atoms with E-state index in [9.17, 15) is 0 Å². The number of hydrogen-bond acceptors (Lipinski definition) is 2. The SMILES string of the molecule is NC1(CCC2CCNC2)CCC1. The first-order valence-corrected chi connectivity index (χ1v) is 5.28. The minimum Gasteiger partial charge on any atom is -0.325 e. The van der Waals surface area contributed by atoms with Gasteiger partial charge < -0.3 is 11.1 Å². The fraction of sp³-hybridized carbons (Fsp3) is 1.00. The molecule has 3 N–H and O–H groups in total. The Morgan fingerprint density at radius 1 is 1.42 bits per heavy atom. The van der Waals surface area contributed by atoms with Crippen molar-refractivity contribution in [3.05, 3.63) is 0 Å². The van der Waals surface area contributed by atoms with E-state index in [0.717, 1.165) is 5.92 Å². The average molecular weight is 168 g/mol. The number of hydrogen-bond donors (Lipinski definition) is 2. The van der Waals surface area contributed by atoms with Gasteiger partial charge in [0.2, 0.25) is 0 Å². The van der Waals surface area contributed by atoms with Crippen molar-refractivity contribution >= 4 is 0 Å². The van der Waals surface area contributed by atoms with Crippen LogP contribution in [0.25, 0.3) is 0 Å². The van der Waals surface area contributed by atoms with Gasteiger partial charge in [0.15, 0.2) is 0 Å². The highest BCUT2D eigenvalue weighted by Crippen LogP contribution is 2.34. The molecule has 1 aliphatic carbocycles. The first-order chi connectivity index (χ1) is 5.79. The van der Waals surface area contributed by atoms with E-state index in [1.54, 1.807) is 0 Å². The molecule has 0 spiro atoms. The van der Waals surface area contributed by atoms with Crippen LogP contribution in [0, 0.1) is 5.92 Å². The van der Waals surface area contributed by atoms with Crippen LogP contribution in [0.1, 0.15) is 38.5 Å². The third-order valence-corrected chi connectivity index (χ3v) is 3.56. The Balaban J connectivity index is 1.67. The molecule has 2 heteroatoms. The van der Waals surface area contributed by atoms with E-state index < -0.39 is 0 Å². The van der Waals surface area contributed by atoms with Gasteiger partial charge in [-0.05, 0) is 57.5 Å². The molecule has 0 aromatic heterocycles. The molecule has 12 heavy (non-hydrogen) atoms. The molecule has 70 valence electrons. The summed E-state index contributed by atoms with van der Waals surface area (Å²) in [6, 6.07) is 0. The van der Waals surface area contributed by atoms with E-state index in [4.69, 9.17) is 5.73 Å². The predicted molar refractivity (Wildman–Crippen MR) is 51.0 cm³/mol. The van der Waals surface area contributed by atoms with Crippen LogP contribution < -0.4 is 11.1 Å². The fourth-order valence-corrected chi connectivity index (χ4v) is 2.33. The molecule has 2 nitrogen and oxygen atoms in total. The highest BCUT2D eigenvalue weighted by atomic mass is 14.9. The second-order valence-electron chi connectivity index (χ2n) is 4.61. The van der Waals surface area contributed by atoms with Crippen molar-refractivity contribution in [3.8, 4) is 0 Å². The van der Waals surface area contributed by atoms with Gasteiger partial charge >= 0.3 is 0 Å². The lowest BCUT2D eigenvalue weighted by Crippen LogP contribution is -2.46. The molecule has 0 aromatic rings. The monoisotopic (exact) mass is 168 g/mol. The standard InChI is InChI=1S/C10H20N2/c11-10(4-1-5-10)6-2-9-3-7-12-8-9/h9,12H,1-8,11H2. The predicted octanol–water partition coefficient (Wildman–Crippen LogP) is 1.26. The van der Waals surface area contributed by atoms with E-state index in [1.807, 2.05) is 0 Å². The summed E-state index contributed by atoms with van der Waals surface area (Å²) >= 11 is 0. The number of rotatable bonds is 3. The summed E-state index contributed by atoms with van der Waals surface area (Å²) in [5.74, 6) is 0.922. The lowest BCUT2D eigenvalue weighted by molar-refractivity contribution is 0.215. The topological polar surface area (TPSA) is 38.0 Å². The second-order valence-corrected chi connectivity index (χ2v) is 4.61. The van der Waals surface area contributed by atoms with Crippen molar-refractivity contribution in [1.29, 1.82) is 0 Å². The Morgan fingerprint density at radius 2 is 2.25 bits per heavy atom. The Morgan fingerprint density at radius 3 is 2.75 bits per heavy atom. The van der Waals surface area contributed by atoms with Crippen LogP contribution in [0.3, 0.4) is 0 Å². The van der Waals surface area contributed by atoms with Gasteiger partial charge in [0.25, 0.3) is 0 Å². The molecular formula is C10H20N2. The average Bonchev–Trinajstić information content (AvgIpc) is 2.49. The lowest BCUT2D eigenvalue weighted by Gasteiger charge is -2.38. The zero-order chi connectivity index (χ0) is 8.44. The molecular weight excluding hydrogens is 148 g/mol. The van der Waals surface area contributed by atoms with E-state index in [1.165, 1.54) is 51.6 Å². The van der Waals surface area contributed by atoms with Crippen molar-refractivity contribution < 1.29 is 0 Å². The van der Waals surface area contributed by atoms with Crippen molar-refractivity contribution in [2.75, 3.05) is 13.1 Å². The van der Waals surface area contributed by atoms with E-state index in [0.29, 0.717) is 0 Å². The zero-order valence-electron chi connectivity index (χ0n) is 7.81. The van der Waals surface area contributed by atoms with Crippen LogP contribution in [0.2, 0.25) is 0 Å². The molecule has 1 unspecified atom stereocenters. The molecule has 1 saturated heterocycles. The van der Waals surface area contributed by atoms with Crippen LogP contribution in [0.4, 0.5) is 0 Å². The molecule has 0 amide bonds. The third kappa shape index (κ3) is 1.80. The third-order valence-electron chi connectivity index (χ3n) is 3.56. The number of nitrogens with two attached hydrogens (primary N) is 1. The van der Waals surface area contributed by atoms with Crippen molar-refractivity contribution in [3.63, 3.8) is 0 Å². The molecule has 1 aliphatic heterocycles. The van der Waals surface area contributed by atoms with Gasteiger partial charge in [-0.1, -0.05) is 0 Å². The normalized spacial score (nSPS) is 33.2. The van der Waals surface area contributed by atoms with Crippen LogP contribution in [-0.2, 0) is 0 Å². The van der Waals surface area contributed by atoms with Gasteiger partial charge in [-0.15, -0.1) is 0 Å². The summed E-state index contributed by atoms with van der Waals surface area (Å²) in [6.07, 6.45) is 7.89. The van der Waals surface area contributed by atoms with Crippen LogP contribution in [0.5, 0.6) is 0 Å². The molecule has 2 aliphatic rings. The van der Waals surface area contributed by atoms with Gasteiger partial charge in [-0.3, -0.25) is 0 Å². The highest BCUT2D eigenvalue weighted by Gasteiger charge is 2.32. The van der Waals surface area contributed by atoms with Crippen LogP contribution >= 0.6 is 0 Å². The first-order valence-electron chi connectivity index (χ1n) is 5.28. The maximum atomic E-state index is 6.16. The highest BCUT2D eigenvalue weighted by molar-refractivity contribution is 4.93. The van der Waals surface area contributed by atoms with Gasteiger partial charge in [-0.25, -0.2) is 0 Å². The smallest absolute Gasteiger partial charge is 0.0154 e. The number of nitrogens with one attached hydrogen (secondary N) is 1. The maximum absolute atomic E-state index is 6.16. The summed E-state index contributed by atoms with van der Waals surface area (Å²) in [7, 11) is 0. The van der Waals surface area contributed by atoms with Crippen molar-refractivity contribution in [2.45, 2.75) is 44.1 Å². The zero-order valence-corrected chi connectivity index (χ0v) is 7.81. The molecule has 0 bridgehead atoms. The minimum atomic E-state index is 0.253. The molecule has 1 saturated carbocycles. The molecule has 2 fully saturated rings. The Labute approximate surface area is 74.9 Å².